The minimum Gasteiger partial charge on any atom is -0.504 e. The van der Waals surface area contributed by atoms with Crippen LogP contribution in [0.3, 0.4) is 0 Å². The number of phenolic OH excluding ortho intramolecular Hbond substituents is 1. The van der Waals surface area contributed by atoms with Gasteiger partial charge >= 0.3 is 5.97 Å². The van der Waals surface area contributed by atoms with Crippen molar-refractivity contribution in [2.24, 2.45) is 0 Å². The number of carbonyl (C=O) groups excluding carboxylic acids is 1. The van der Waals surface area contributed by atoms with Crippen LogP contribution >= 0.6 is 0 Å². The van der Waals surface area contributed by atoms with E-state index in [1.165, 1.54) is 6.07 Å². The predicted octanol–water partition coefficient (Wildman–Crippen LogP) is 2.75. The first-order valence-corrected chi connectivity index (χ1v) is 5.71. The molecule has 0 radical (unpaired) electrons. The summed E-state index contributed by atoms with van der Waals surface area (Å²) >= 11 is 0. The minimum atomic E-state index is -0.432. The zero-order valence-corrected chi connectivity index (χ0v) is 10.4. The van der Waals surface area contributed by atoms with Gasteiger partial charge in [-0.1, -0.05) is 6.92 Å². The molecule has 0 fully saturated rings. The maximum Gasteiger partial charge on any atom is 0.338 e. The Morgan fingerprint density at radius 3 is 2.65 bits per heavy atom. The molecule has 0 saturated carbocycles. The molecule has 1 aromatic rings. The fourth-order valence-electron chi connectivity index (χ4n) is 1.28. The normalized spacial score (nSPS) is 10.4. The smallest absolute Gasteiger partial charge is 0.338 e. The van der Waals surface area contributed by atoms with Gasteiger partial charge in [-0.25, -0.2) is 4.79 Å². The third-order valence-electron chi connectivity index (χ3n) is 1.99. The highest BCUT2D eigenvalue weighted by Crippen LogP contribution is 2.27. The highest BCUT2D eigenvalue weighted by molar-refractivity contribution is 5.90. The Labute approximate surface area is 101 Å². The SMILES string of the molecule is CCCOC(=O)c1ccc(OC(C)C)c(O)c1. The standard InChI is InChI=1S/C13H18O4/c1-4-7-16-13(15)10-5-6-12(11(14)8-10)17-9(2)3/h5-6,8-9,14H,4,7H2,1-3H3. The lowest BCUT2D eigenvalue weighted by Crippen LogP contribution is -2.08. The van der Waals surface area contributed by atoms with Crippen molar-refractivity contribution in [2.45, 2.75) is 33.3 Å². The molecule has 17 heavy (non-hydrogen) atoms. The number of ether oxygens (including phenoxy) is 2. The van der Waals surface area contributed by atoms with E-state index in [-0.39, 0.29) is 11.9 Å². The minimum absolute atomic E-state index is 0.0289. The molecule has 1 N–H and O–H groups in total. The van der Waals surface area contributed by atoms with E-state index in [0.717, 1.165) is 6.42 Å². The van der Waals surface area contributed by atoms with Gasteiger partial charge in [-0.15, -0.1) is 0 Å². The van der Waals surface area contributed by atoms with E-state index >= 15 is 0 Å². The van der Waals surface area contributed by atoms with Crippen LogP contribution in [0, 0.1) is 0 Å². The largest absolute Gasteiger partial charge is 0.504 e. The van der Waals surface area contributed by atoms with Crippen LogP contribution in [0.2, 0.25) is 0 Å². The summed E-state index contributed by atoms with van der Waals surface area (Å²) in [5.41, 5.74) is 0.326. The summed E-state index contributed by atoms with van der Waals surface area (Å²) in [5.74, 6) is -0.116. The summed E-state index contributed by atoms with van der Waals surface area (Å²) < 4.78 is 10.3. The Balaban J connectivity index is 2.77. The molecule has 0 aliphatic heterocycles. The lowest BCUT2D eigenvalue weighted by Gasteiger charge is -2.11. The number of hydrogen-bond donors (Lipinski definition) is 1. The van der Waals surface area contributed by atoms with Crippen LogP contribution in [0.5, 0.6) is 11.5 Å². The van der Waals surface area contributed by atoms with Gasteiger partial charge in [0.1, 0.15) is 0 Å². The van der Waals surface area contributed by atoms with Crippen molar-refractivity contribution in [3.05, 3.63) is 23.8 Å². The average Bonchev–Trinajstić information content (AvgIpc) is 2.28. The van der Waals surface area contributed by atoms with E-state index in [9.17, 15) is 9.90 Å². The second-order valence-corrected chi connectivity index (χ2v) is 3.99. The molecule has 0 saturated heterocycles. The summed E-state index contributed by atoms with van der Waals surface area (Å²) in [5, 5.41) is 9.68. The van der Waals surface area contributed by atoms with Crippen molar-refractivity contribution >= 4 is 5.97 Å². The molecule has 0 amide bonds. The van der Waals surface area contributed by atoms with Crippen molar-refractivity contribution in [2.75, 3.05) is 6.61 Å². The Bertz CT molecular complexity index is 385. The first-order valence-electron chi connectivity index (χ1n) is 5.71. The van der Waals surface area contributed by atoms with Crippen molar-refractivity contribution in [3.8, 4) is 11.5 Å². The van der Waals surface area contributed by atoms with Gasteiger partial charge in [0, 0.05) is 0 Å². The lowest BCUT2D eigenvalue weighted by atomic mass is 10.2. The van der Waals surface area contributed by atoms with Crippen molar-refractivity contribution in [3.63, 3.8) is 0 Å². The quantitative estimate of drug-likeness (QED) is 0.801. The summed E-state index contributed by atoms with van der Waals surface area (Å²) in [6.45, 7) is 6.03. The van der Waals surface area contributed by atoms with Crippen molar-refractivity contribution in [1.29, 1.82) is 0 Å². The summed E-state index contributed by atoms with van der Waals surface area (Å²) in [7, 11) is 0. The molecule has 1 aromatic carbocycles. The maximum atomic E-state index is 11.5. The third kappa shape index (κ3) is 3.98. The van der Waals surface area contributed by atoms with Crippen LogP contribution in [0.25, 0.3) is 0 Å². The van der Waals surface area contributed by atoms with Crippen LogP contribution in [-0.4, -0.2) is 23.8 Å². The van der Waals surface area contributed by atoms with Crippen LogP contribution < -0.4 is 4.74 Å². The van der Waals surface area contributed by atoms with Crippen molar-refractivity contribution in [1.82, 2.24) is 0 Å². The first kappa shape index (κ1) is 13.4. The van der Waals surface area contributed by atoms with Gasteiger partial charge in [-0.3, -0.25) is 0 Å². The lowest BCUT2D eigenvalue weighted by molar-refractivity contribution is 0.0504. The molecular weight excluding hydrogens is 220 g/mol. The van der Waals surface area contributed by atoms with Gasteiger partial charge in [0.25, 0.3) is 0 Å². The van der Waals surface area contributed by atoms with E-state index in [0.29, 0.717) is 17.9 Å². The summed E-state index contributed by atoms with van der Waals surface area (Å²) in [6.07, 6.45) is 0.741. The molecule has 1 rings (SSSR count). The third-order valence-corrected chi connectivity index (χ3v) is 1.99. The first-order chi connectivity index (χ1) is 8.04. The highest BCUT2D eigenvalue weighted by Gasteiger charge is 2.11. The van der Waals surface area contributed by atoms with Gasteiger partial charge in [0.05, 0.1) is 18.3 Å². The number of carbonyl (C=O) groups is 1. The molecule has 0 atom stereocenters. The predicted molar refractivity (Wildman–Crippen MR) is 64.4 cm³/mol. The zero-order chi connectivity index (χ0) is 12.8. The van der Waals surface area contributed by atoms with Gasteiger partial charge in [-0.05, 0) is 38.5 Å². The molecule has 4 nitrogen and oxygen atoms in total. The molecule has 0 heterocycles. The van der Waals surface area contributed by atoms with Gasteiger partial charge < -0.3 is 14.6 Å². The zero-order valence-electron chi connectivity index (χ0n) is 10.4. The van der Waals surface area contributed by atoms with Crippen LogP contribution in [0.1, 0.15) is 37.6 Å². The fourth-order valence-corrected chi connectivity index (χ4v) is 1.28. The van der Waals surface area contributed by atoms with Gasteiger partial charge in [0.2, 0.25) is 0 Å². The van der Waals surface area contributed by atoms with Crippen molar-refractivity contribution < 1.29 is 19.4 Å². The topological polar surface area (TPSA) is 55.8 Å². The number of aromatic hydroxyl groups is 1. The molecule has 0 spiro atoms. The molecule has 0 unspecified atom stereocenters. The number of benzene rings is 1. The van der Waals surface area contributed by atoms with Gasteiger partial charge in [-0.2, -0.15) is 0 Å². The Morgan fingerprint density at radius 1 is 1.41 bits per heavy atom. The number of phenols is 1. The molecule has 0 aliphatic rings. The van der Waals surface area contributed by atoms with E-state index < -0.39 is 5.97 Å². The summed E-state index contributed by atoms with van der Waals surface area (Å²) in [4.78, 5) is 11.5. The van der Waals surface area contributed by atoms with Crippen LogP contribution in [0.4, 0.5) is 0 Å². The van der Waals surface area contributed by atoms with E-state index in [2.05, 4.69) is 0 Å². The summed E-state index contributed by atoms with van der Waals surface area (Å²) in [6, 6.07) is 4.50. The molecule has 4 heteroatoms. The second-order valence-electron chi connectivity index (χ2n) is 3.99. The number of hydrogen-bond acceptors (Lipinski definition) is 4. The van der Waals surface area contributed by atoms with Crippen LogP contribution in [0.15, 0.2) is 18.2 Å². The molecular formula is C13H18O4. The fraction of sp³-hybridized carbons (Fsp3) is 0.462. The molecule has 0 aliphatic carbocycles. The monoisotopic (exact) mass is 238 g/mol. The van der Waals surface area contributed by atoms with Gasteiger partial charge in [0.15, 0.2) is 11.5 Å². The molecule has 94 valence electrons. The second kappa shape index (κ2) is 6.13. The Hall–Kier alpha value is -1.71. The van der Waals surface area contributed by atoms with Crippen LogP contribution in [-0.2, 0) is 4.74 Å². The Morgan fingerprint density at radius 2 is 2.12 bits per heavy atom. The number of esters is 1. The maximum absolute atomic E-state index is 11.5. The molecule has 0 bridgehead atoms. The molecule has 0 aromatic heterocycles. The Kier molecular flexibility index (Phi) is 4.82. The average molecular weight is 238 g/mol. The van der Waals surface area contributed by atoms with E-state index in [1.807, 2.05) is 20.8 Å². The highest BCUT2D eigenvalue weighted by atomic mass is 16.5. The van der Waals surface area contributed by atoms with E-state index in [1.54, 1.807) is 12.1 Å². The van der Waals surface area contributed by atoms with E-state index in [4.69, 9.17) is 9.47 Å². The number of rotatable bonds is 5.